The van der Waals surface area contributed by atoms with Crippen LogP contribution in [0, 0.1) is 0 Å². The smallest absolute Gasteiger partial charge is 0.362 e. The molecule has 0 aliphatic rings. The lowest BCUT2D eigenvalue weighted by atomic mass is 10.0. The van der Waals surface area contributed by atoms with Crippen molar-refractivity contribution in [2.45, 2.75) is 212 Å². The van der Waals surface area contributed by atoms with Gasteiger partial charge in [0, 0.05) is 19.3 Å². The predicted molar refractivity (Wildman–Crippen MR) is 234 cm³/mol. The Labute approximate surface area is 344 Å². The van der Waals surface area contributed by atoms with Crippen LogP contribution in [0.25, 0.3) is 0 Å². The summed E-state index contributed by atoms with van der Waals surface area (Å²) in [6.07, 6.45) is 44.8. The van der Waals surface area contributed by atoms with Crippen LogP contribution in [0.5, 0.6) is 0 Å². The van der Waals surface area contributed by atoms with Gasteiger partial charge in [-0.25, -0.2) is 4.79 Å². The van der Waals surface area contributed by atoms with Crippen LogP contribution in [-0.2, 0) is 28.6 Å². The van der Waals surface area contributed by atoms with Crippen LogP contribution in [0.2, 0.25) is 0 Å². The monoisotopic (exact) mass is 791 g/mol. The quantitative estimate of drug-likeness (QED) is 0.0285. The van der Waals surface area contributed by atoms with E-state index in [1.165, 1.54) is 109 Å². The van der Waals surface area contributed by atoms with Crippen molar-refractivity contribution in [3.63, 3.8) is 0 Å². The molecular weight excluding hydrogens is 703 g/mol. The zero-order chi connectivity index (χ0) is 41.4. The highest BCUT2D eigenvalue weighted by molar-refractivity contribution is 5.72. The minimum Gasteiger partial charge on any atom is -0.477 e. The third kappa shape index (κ3) is 37.1. The third-order valence-electron chi connectivity index (χ3n) is 10.3. The van der Waals surface area contributed by atoms with Crippen LogP contribution < -0.4 is 0 Å². The molecule has 0 aliphatic carbocycles. The summed E-state index contributed by atoms with van der Waals surface area (Å²) < 4.78 is 17.3. The highest BCUT2D eigenvalue weighted by Crippen LogP contribution is 2.15. The Morgan fingerprint density at radius 3 is 1.48 bits per heavy atom. The standard InChI is InChI=1S/C48H87NO7/c1-6-8-10-12-14-16-17-18-19-20-21-22-23-24-25-26-27-28-29-31-32-34-36-38-46(50)55-43-44(42-54-41-40-45(48(52)53)49(3,4)5)56-47(51)39-37-35-33-30-15-13-11-9-7-2/h8,10,14,16,18-19,44-45H,6-7,9,11-13,15,17,20-43H2,1-5H3/p+1/b10-8+,16-14+,19-18+. The Hall–Kier alpha value is -2.45. The van der Waals surface area contributed by atoms with E-state index in [2.05, 4.69) is 50.3 Å². The normalized spacial score (nSPS) is 13.2. The van der Waals surface area contributed by atoms with Crippen molar-refractivity contribution in [3.8, 4) is 0 Å². The number of nitrogens with zero attached hydrogens (tertiary/aromatic N) is 1. The first-order valence-corrected chi connectivity index (χ1v) is 23.0. The number of ether oxygens (including phenoxy) is 3. The first kappa shape index (κ1) is 53.6. The van der Waals surface area contributed by atoms with Gasteiger partial charge in [0.25, 0.3) is 0 Å². The first-order valence-electron chi connectivity index (χ1n) is 23.0. The lowest BCUT2D eigenvalue weighted by Gasteiger charge is -2.31. The second kappa shape index (κ2) is 39.4. The largest absolute Gasteiger partial charge is 0.477 e. The van der Waals surface area contributed by atoms with Crippen molar-refractivity contribution < 1.29 is 38.2 Å². The van der Waals surface area contributed by atoms with Gasteiger partial charge < -0.3 is 23.8 Å². The second-order valence-corrected chi connectivity index (χ2v) is 16.6. The zero-order valence-corrected chi connectivity index (χ0v) is 37.1. The molecule has 0 radical (unpaired) electrons. The summed E-state index contributed by atoms with van der Waals surface area (Å²) in [6.45, 7) is 4.62. The number of hydrogen-bond acceptors (Lipinski definition) is 6. The van der Waals surface area contributed by atoms with Crippen molar-refractivity contribution in [1.29, 1.82) is 0 Å². The fraction of sp³-hybridized carbons (Fsp3) is 0.812. The highest BCUT2D eigenvalue weighted by Gasteiger charge is 2.31. The number of carbonyl (C=O) groups is 3. The Morgan fingerprint density at radius 2 is 1.00 bits per heavy atom. The molecule has 2 unspecified atom stereocenters. The number of esters is 2. The molecule has 0 rings (SSSR count). The van der Waals surface area contributed by atoms with Gasteiger partial charge in [0.05, 0.1) is 34.4 Å². The predicted octanol–water partition coefficient (Wildman–Crippen LogP) is 12.6. The second-order valence-electron chi connectivity index (χ2n) is 16.6. The Morgan fingerprint density at radius 1 is 0.554 bits per heavy atom. The minimum absolute atomic E-state index is 0.0484. The van der Waals surface area contributed by atoms with Gasteiger partial charge in [0.15, 0.2) is 12.1 Å². The molecule has 0 saturated heterocycles. The number of hydrogen-bond donors (Lipinski definition) is 1. The van der Waals surface area contributed by atoms with E-state index in [1.807, 2.05) is 21.1 Å². The van der Waals surface area contributed by atoms with Crippen molar-refractivity contribution in [2.75, 3.05) is 41.0 Å². The van der Waals surface area contributed by atoms with Crippen molar-refractivity contribution in [3.05, 3.63) is 36.5 Å². The number of carboxylic acids is 1. The van der Waals surface area contributed by atoms with Crippen LogP contribution in [0.3, 0.4) is 0 Å². The van der Waals surface area contributed by atoms with E-state index in [9.17, 15) is 19.5 Å². The summed E-state index contributed by atoms with van der Waals surface area (Å²) in [6, 6.07) is -0.611. The maximum atomic E-state index is 12.6. The van der Waals surface area contributed by atoms with Gasteiger partial charge in [-0.15, -0.1) is 0 Å². The minimum atomic E-state index is -0.874. The molecule has 0 amide bonds. The third-order valence-corrected chi connectivity index (χ3v) is 10.3. The molecule has 0 saturated carbocycles. The molecule has 0 aromatic heterocycles. The molecule has 0 aromatic rings. The molecular formula is C48H88NO7+. The molecule has 8 nitrogen and oxygen atoms in total. The van der Waals surface area contributed by atoms with Gasteiger partial charge in [0.2, 0.25) is 0 Å². The van der Waals surface area contributed by atoms with E-state index in [1.54, 1.807) is 0 Å². The Kier molecular flexibility index (Phi) is 37.7. The fourth-order valence-electron chi connectivity index (χ4n) is 6.75. The zero-order valence-electron chi connectivity index (χ0n) is 37.1. The lowest BCUT2D eigenvalue weighted by Crippen LogP contribution is -2.50. The number of rotatable bonds is 41. The molecule has 326 valence electrons. The van der Waals surface area contributed by atoms with Gasteiger partial charge in [-0.1, -0.05) is 172 Å². The number of allylic oxidation sites excluding steroid dienone is 6. The van der Waals surface area contributed by atoms with E-state index in [0.29, 0.717) is 19.3 Å². The van der Waals surface area contributed by atoms with E-state index in [-0.39, 0.29) is 36.2 Å². The van der Waals surface area contributed by atoms with Gasteiger partial charge in [-0.05, 0) is 44.9 Å². The summed E-state index contributed by atoms with van der Waals surface area (Å²) in [5, 5.41) is 9.60. The average molecular weight is 791 g/mol. The summed E-state index contributed by atoms with van der Waals surface area (Å²) in [7, 11) is 5.53. The SMILES string of the molecule is CC/C=C/C/C=C/C/C=C/CCCCCCCCCCCCCCCC(=O)OCC(COCCC(C(=O)O)[N+](C)(C)C)OC(=O)CCCCCCCCCCC. The number of carbonyl (C=O) groups excluding carboxylic acids is 2. The molecule has 2 atom stereocenters. The van der Waals surface area contributed by atoms with E-state index in [4.69, 9.17) is 14.2 Å². The molecule has 0 spiro atoms. The molecule has 1 N–H and O–H groups in total. The molecule has 8 heteroatoms. The van der Waals surface area contributed by atoms with E-state index >= 15 is 0 Å². The van der Waals surface area contributed by atoms with Crippen LogP contribution in [0.1, 0.15) is 200 Å². The van der Waals surface area contributed by atoms with E-state index < -0.39 is 18.1 Å². The average Bonchev–Trinajstić information content (AvgIpc) is 3.15. The topological polar surface area (TPSA) is 99.1 Å². The lowest BCUT2D eigenvalue weighted by molar-refractivity contribution is -0.887. The number of unbranched alkanes of at least 4 members (excludes halogenated alkanes) is 21. The summed E-state index contributed by atoms with van der Waals surface area (Å²) in [4.78, 5) is 36.9. The van der Waals surface area contributed by atoms with E-state index in [0.717, 1.165) is 57.8 Å². The molecule has 56 heavy (non-hydrogen) atoms. The van der Waals surface area contributed by atoms with Gasteiger partial charge in [-0.3, -0.25) is 9.59 Å². The van der Waals surface area contributed by atoms with Crippen molar-refractivity contribution >= 4 is 17.9 Å². The van der Waals surface area contributed by atoms with Crippen LogP contribution >= 0.6 is 0 Å². The molecule has 0 aliphatic heterocycles. The summed E-state index contributed by atoms with van der Waals surface area (Å²) >= 11 is 0. The number of likely N-dealkylation sites (N-methyl/N-ethyl adjacent to an activating group) is 1. The van der Waals surface area contributed by atoms with Crippen LogP contribution in [-0.4, -0.2) is 80.6 Å². The molecule has 0 fully saturated rings. The van der Waals surface area contributed by atoms with Crippen molar-refractivity contribution in [1.82, 2.24) is 0 Å². The molecule has 0 heterocycles. The maximum absolute atomic E-state index is 12.6. The maximum Gasteiger partial charge on any atom is 0.362 e. The molecule has 0 aromatic carbocycles. The highest BCUT2D eigenvalue weighted by atomic mass is 16.6. The Bertz CT molecular complexity index is 1020. The van der Waals surface area contributed by atoms with Crippen LogP contribution in [0.4, 0.5) is 0 Å². The fourth-order valence-corrected chi connectivity index (χ4v) is 6.75. The summed E-state index contributed by atoms with van der Waals surface area (Å²) in [5.74, 6) is -1.46. The van der Waals surface area contributed by atoms with Crippen LogP contribution in [0.15, 0.2) is 36.5 Å². The van der Waals surface area contributed by atoms with Gasteiger partial charge >= 0.3 is 17.9 Å². The summed E-state index contributed by atoms with van der Waals surface area (Å²) in [5.41, 5.74) is 0. The van der Waals surface area contributed by atoms with Gasteiger partial charge in [0.1, 0.15) is 6.61 Å². The van der Waals surface area contributed by atoms with Gasteiger partial charge in [-0.2, -0.15) is 0 Å². The number of aliphatic carboxylic acids is 1. The van der Waals surface area contributed by atoms with Crippen molar-refractivity contribution in [2.24, 2.45) is 0 Å². The number of carboxylic acid groups (broad SMARTS) is 1. The Balaban J connectivity index is 4.13. The number of quaternary nitrogens is 1. The first-order chi connectivity index (χ1) is 27.1. The molecule has 0 bridgehead atoms.